The molecule has 0 spiro atoms. The standard InChI is InChI=1S/C21H31N3O4/c1-12-6-4-7-15(13(12)2)23-21(25)24-16-10-26-20-18(11-27-19(16)20)28-17-8-5-9-22-14(17)3/h5,8-9,12-13,15-16,18-20H,4,6-7,10-11H2,1-3H3,(H2,23,24,25)/t12?,13?,15?,16-,18-,19+,20+/m0/s1. The van der Waals surface area contributed by atoms with Gasteiger partial charge in [0, 0.05) is 12.2 Å². The maximum atomic E-state index is 12.6. The molecule has 1 aliphatic carbocycles. The van der Waals surface area contributed by atoms with Crippen LogP contribution in [0, 0.1) is 18.8 Å². The van der Waals surface area contributed by atoms with E-state index in [9.17, 15) is 4.79 Å². The van der Waals surface area contributed by atoms with Gasteiger partial charge in [-0.3, -0.25) is 4.98 Å². The molecule has 3 fully saturated rings. The lowest BCUT2D eigenvalue weighted by Crippen LogP contribution is -2.53. The van der Waals surface area contributed by atoms with Gasteiger partial charge in [-0.25, -0.2) is 4.79 Å². The summed E-state index contributed by atoms with van der Waals surface area (Å²) in [4.78, 5) is 16.8. The Hall–Kier alpha value is -1.86. The Morgan fingerprint density at radius 3 is 2.75 bits per heavy atom. The number of nitrogens with one attached hydrogen (secondary N) is 2. The number of pyridine rings is 1. The number of nitrogens with zero attached hydrogens (tertiary/aromatic N) is 1. The summed E-state index contributed by atoms with van der Waals surface area (Å²) in [6, 6.07) is 3.70. The Morgan fingerprint density at radius 1 is 1.14 bits per heavy atom. The number of urea groups is 1. The predicted octanol–water partition coefficient (Wildman–Crippen LogP) is 2.43. The van der Waals surface area contributed by atoms with Crippen LogP contribution >= 0.6 is 0 Å². The van der Waals surface area contributed by atoms with Gasteiger partial charge in [0.05, 0.1) is 24.9 Å². The summed E-state index contributed by atoms with van der Waals surface area (Å²) in [5.41, 5.74) is 0.842. The van der Waals surface area contributed by atoms with Crippen LogP contribution in [0.5, 0.6) is 5.75 Å². The van der Waals surface area contributed by atoms with Crippen LogP contribution in [-0.2, 0) is 9.47 Å². The van der Waals surface area contributed by atoms with Gasteiger partial charge in [0.25, 0.3) is 0 Å². The van der Waals surface area contributed by atoms with Crippen LogP contribution in [0.15, 0.2) is 18.3 Å². The highest BCUT2D eigenvalue weighted by Gasteiger charge is 2.49. The fraction of sp³-hybridized carbons (Fsp3) is 0.714. The smallest absolute Gasteiger partial charge is 0.315 e. The van der Waals surface area contributed by atoms with Crippen molar-refractivity contribution in [2.24, 2.45) is 11.8 Å². The maximum absolute atomic E-state index is 12.6. The Kier molecular flexibility index (Phi) is 5.73. The van der Waals surface area contributed by atoms with Crippen LogP contribution in [0.2, 0.25) is 0 Å². The predicted molar refractivity (Wildman–Crippen MR) is 104 cm³/mol. The fourth-order valence-corrected chi connectivity index (χ4v) is 4.61. The second-order valence-electron chi connectivity index (χ2n) is 8.44. The highest BCUT2D eigenvalue weighted by molar-refractivity contribution is 5.74. The number of hydrogen-bond acceptors (Lipinski definition) is 5. The SMILES string of the molecule is Cc1ncccc1O[C@H]1CO[C@H]2[C@@H]1OC[C@@H]2NC(=O)NC1CCCC(C)C1C. The quantitative estimate of drug-likeness (QED) is 0.827. The van der Waals surface area contributed by atoms with Crippen molar-refractivity contribution in [3.8, 4) is 5.75 Å². The molecule has 3 aliphatic rings. The molecule has 4 rings (SSSR count). The molecule has 2 aliphatic heterocycles. The number of carbonyl (C=O) groups excluding carboxylic acids is 1. The molecule has 2 saturated heterocycles. The number of rotatable bonds is 4. The molecule has 0 aromatic carbocycles. The topological polar surface area (TPSA) is 81.7 Å². The van der Waals surface area contributed by atoms with Crippen molar-refractivity contribution in [1.29, 1.82) is 0 Å². The van der Waals surface area contributed by atoms with Gasteiger partial charge in [-0.1, -0.05) is 26.7 Å². The van der Waals surface area contributed by atoms with Crippen molar-refractivity contribution in [3.05, 3.63) is 24.0 Å². The molecule has 7 heteroatoms. The first-order chi connectivity index (χ1) is 13.5. The number of fused-ring (bicyclic) bond motifs is 1. The normalized spacial score (nSPS) is 37.3. The first-order valence-corrected chi connectivity index (χ1v) is 10.4. The average molecular weight is 389 g/mol. The van der Waals surface area contributed by atoms with Gasteiger partial charge in [0.2, 0.25) is 0 Å². The van der Waals surface area contributed by atoms with Gasteiger partial charge in [-0.15, -0.1) is 0 Å². The largest absolute Gasteiger partial charge is 0.483 e. The van der Waals surface area contributed by atoms with Crippen molar-refractivity contribution in [1.82, 2.24) is 15.6 Å². The van der Waals surface area contributed by atoms with E-state index in [1.165, 1.54) is 12.8 Å². The number of ether oxygens (including phenoxy) is 3. The minimum atomic E-state index is -0.193. The molecule has 7 nitrogen and oxygen atoms in total. The second kappa shape index (κ2) is 8.25. The van der Waals surface area contributed by atoms with Gasteiger partial charge >= 0.3 is 6.03 Å². The zero-order chi connectivity index (χ0) is 19.7. The summed E-state index contributed by atoms with van der Waals surface area (Å²) < 4.78 is 17.9. The molecule has 7 atom stereocenters. The number of hydrogen-bond donors (Lipinski definition) is 2. The Bertz CT molecular complexity index is 700. The monoisotopic (exact) mass is 389 g/mol. The van der Waals surface area contributed by atoms with Crippen molar-refractivity contribution in [2.45, 2.75) is 70.4 Å². The second-order valence-corrected chi connectivity index (χ2v) is 8.44. The van der Waals surface area contributed by atoms with Crippen molar-refractivity contribution in [2.75, 3.05) is 13.2 Å². The lowest BCUT2D eigenvalue weighted by Gasteiger charge is -2.34. The van der Waals surface area contributed by atoms with Crippen LogP contribution in [0.3, 0.4) is 0 Å². The average Bonchev–Trinajstić information content (AvgIpc) is 3.25. The number of amides is 2. The van der Waals surface area contributed by atoms with E-state index >= 15 is 0 Å². The van der Waals surface area contributed by atoms with Gasteiger partial charge in [0.1, 0.15) is 18.0 Å². The Labute approximate surface area is 166 Å². The molecule has 3 unspecified atom stereocenters. The van der Waals surface area contributed by atoms with Crippen LogP contribution < -0.4 is 15.4 Å². The summed E-state index contributed by atoms with van der Waals surface area (Å²) in [5.74, 6) is 1.88. The molecule has 1 aromatic rings. The molecular weight excluding hydrogens is 358 g/mol. The van der Waals surface area contributed by atoms with Crippen molar-refractivity contribution >= 4 is 6.03 Å². The third kappa shape index (κ3) is 3.96. The summed E-state index contributed by atoms with van der Waals surface area (Å²) in [5, 5.41) is 6.22. The van der Waals surface area contributed by atoms with Gasteiger partial charge in [0.15, 0.2) is 6.10 Å². The zero-order valence-corrected chi connectivity index (χ0v) is 16.9. The molecule has 28 heavy (non-hydrogen) atoms. The lowest BCUT2D eigenvalue weighted by molar-refractivity contribution is 0.0299. The van der Waals surface area contributed by atoms with E-state index in [2.05, 4.69) is 29.5 Å². The van der Waals surface area contributed by atoms with E-state index in [0.717, 1.165) is 17.9 Å². The minimum Gasteiger partial charge on any atom is -0.483 e. The van der Waals surface area contributed by atoms with Crippen LogP contribution in [0.25, 0.3) is 0 Å². The number of aryl methyl sites for hydroxylation is 1. The van der Waals surface area contributed by atoms with E-state index in [1.54, 1.807) is 6.20 Å². The van der Waals surface area contributed by atoms with E-state index in [-0.39, 0.29) is 36.4 Å². The van der Waals surface area contributed by atoms with Gasteiger partial charge in [-0.05, 0) is 37.3 Å². The highest BCUT2D eigenvalue weighted by Crippen LogP contribution is 2.31. The Balaban J connectivity index is 1.31. The molecular formula is C21H31N3O4. The van der Waals surface area contributed by atoms with E-state index in [4.69, 9.17) is 14.2 Å². The summed E-state index contributed by atoms with van der Waals surface area (Å²) in [7, 11) is 0. The van der Waals surface area contributed by atoms with E-state index < -0.39 is 0 Å². The van der Waals surface area contributed by atoms with Crippen LogP contribution in [-0.4, -0.2) is 54.6 Å². The van der Waals surface area contributed by atoms with Crippen molar-refractivity contribution in [3.63, 3.8) is 0 Å². The molecule has 154 valence electrons. The molecule has 1 aromatic heterocycles. The summed E-state index contributed by atoms with van der Waals surface area (Å²) in [6.45, 7) is 7.29. The molecule has 2 N–H and O–H groups in total. The first-order valence-electron chi connectivity index (χ1n) is 10.4. The lowest BCUT2D eigenvalue weighted by atomic mass is 9.78. The van der Waals surface area contributed by atoms with Crippen LogP contribution in [0.4, 0.5) is 4.79 Å². The molecule has 0 radical (unpaired) electrons. The van der Waals surface area contributed by atoms with Crippen molar-refractivity contribution < 1.29 is 19.0 Å². The molecule has 2 amide bonds. The molecule has 1 saturated carbocycles. The molecule has 3 heterocycles. The Morgan fingerprint density at radius 2 is 1.93 bits per heavy atom. The summed E-state index contributed by atoms with van der Waals surface area (Å²) in [6.07, 6.45) is 4.64. The zero-order valence-electron chi connectivity index (χ0n) is 16.9. The first kappa shape index (κ1) is 19.5. The summed E-state index contributed by atoms with van der Waals surface area (Å²) >= 11 is 0. The highest BCUT2D eigenvalue weighted by atomic mass is 16.6. The van der Waals surface area contributed by atoms with Crippen LogP contribution in [0.1, 0.15) is 38.8 Å². The minimum absolute atomic E-state index is 0.128. The number of carbonyl (C=O) groups is 1. The third-order valence-corrected chi connectivity index (χ3v) is 6.58. The number of aromatic nitrogens is 1. The van der Waals surface area contributed by atoms with E-state index in [1.807, 2.05) is 19.1 Å². The maximum Gasteiger partial charge on any atom is 0.315 e. The van der Waals surface area contributed by atoms with Gasteiger partial charge < -0.3 is 24.8 Å². The third-order valence-electron chi connectivity index (χ3n) is 6.58. The fourth-order valence-electron chi connectivity index (χ4n) is 4.61. The van der Waals surface area contributed by atoms with E-state index in [0.29, 0.717) is 25.0 Å². The molecule has 0 bridgehead atoms. The van der Waals surface area contributed by atoms with Gasteiger partial charge in [-0.2, -0.15) is 0 Å².